The van der Waals surface area contributed by atoms with Crippen LogP contribution in [0.5, 0.6) is 0 Å². The topological polar surface area (TPSA) is 29.3 Å². The van der Waals surface area contributed by atoms with E-state index < -0.39 is 0 Å². The molecule has 0 bridgehead atoms. The van der Waals surface area contributed by atoms with Gasteiger partial charge < -0.3 is 5.73 Å². The Kier molecular flexibility index (Phi) is 5.15. The minimum Gasteiger partial charge on any atom is -0.329 e. The number of benzene rings is 1. The van der Waals surface area contributed by atoms with Crippen LogP contribution < -0.4 is 5.73 Å². The quantitative estimate of drug-likeness (QED) is 0.779. The summed E-state index contributed by atoms with van der Waals surface area (Å²) < 4.78 is 0. The van der Waals surface area contributed by atoms with Crippen molar-refractivity contribution >= 4 is 11.8 Å². The highest BCUT2D eigenvalue weighted by Crippen LogP contribution is 2.21. The fraction of sp³-hybridized carbons (Fsp3) is 0.500. The molecule has 1 rings (SSSR count). The van der Waals surface area contributed by atoms with Crippen LogP contribution in [0.15, 0.2) is 29.2 Å². The van der Waals surface area contributed by atoms with Crippen molar-refractivity contribution in [3.8, 4) is 0 Å². The zero-order valence-electron chi connectivity index (χ0n) is 9.73. The van der Waals surface area contributed by atoms with Gasteiger partial charge in [-0.1, -0.05) is 19.1 Å². The van der Waals surface area contributed by atoms with Crippen LogP contribution in [-0.2, 0) is 0 Å². The Balaban J connectivity index is 2.83. The highest BCUT2D eigenvalue weighted by atomic mass is 32.2. The summed E-state index contributed by atoms with van der Waals surface area (Å²) in [5.41, 5.74) is 7.11. The molecule has 1 unspecified atom stereocenters. The lowest BCUT2D eigenvalue weighted by molar-refractivity contribution is 0.263. The lowest BCUT2D eigenvalue weighted by Crippen LogP contribution is -2.30. The van der Waals surface area contributed by atoms with Crippen LogP contribution in [0.1, 0.15) is 18.5 Å². The van der Waals surface area contributed by atoms with E-state index in [4.69, 9.17) is 5.73 Å². The molecule has 0 saturated heterocycles. The number of hydrogen-bond acceptors (Lipinski definition) is 3. The van der Waals surface area contributed by atoms with Gasteiger partial charge in [0.1, 0.15) is 0 Å². The van der Waals surface area contributed by atoms with Crippen molar-refractivity contribution in [3.05, 3.63) is 29.8 Å². The second-order valence-electron chi connectivity index (χ2n) is 3.60. The maximum Gasteiger partial charge on any atom is 0.0467 e. The Bertz CT molecular complexity index is 284. The van der Waals surface area contributed by atoms with Crippen LogP contribution in [0.25, 0.3) is 0 Å². The van der Waals surface area contributed by atoms with E-state index in [0.29, 0.717) is 12.6 Å². The zero-order valence-corrected chi connectivity index (χ0v) is 10.6. The maximum absolute atomic E-state index is 5.80. The summed E-state index contributed by atoms with van der Waals surface area (Å²) in [6, 6.07) is 9.01. The fourth-order valence-electron chi connectivity index (χ4n) is 1.62. The van der Waals surface area contributed by atoms with Crippen molar-refractivity contribution in [3.63, 3.8) is 0 Å². The first-order chi connectivity index (χ1) is 7.22. The first kappa shape index (κ1) is 12.6. The number of nitrogens with two attached hydrogens (primary N) is 1. The second-order valence-corrected chi connectivity index (χ2v) is 4.48. The SMILES string of the molecule is CCN(C)C(CN)c1ccc(SC)cc1. The molecule has 0 aromatic heterocycles. The monoisotopic (exact) mass is 224 g/mol. The summed E-state index contributed by atoms with van der Waals surface area (Å²) >= 11 is 1.77. The molecule has 3 heteroatoms. The van der Waals surface area contributed by atoms with Crippen LogP contribution in [-0.4, -0.2) is 31.3 Å². The molecule has 1 aromatic carbocycles. The van der Waals surface area contributed by atoms with Crippen molar-refractivity contribution in [2.45, 2.75) is 17.9 Å². The first-order valence-electron chi connectivity index (χ1n) is 5.27. The van der Waals surface area contributed by atoms with E-state index in [1.807, 2.05) is 0 Å². The smallest absolute Gasteiger partial charge is 0.0467 e. The van der Waals surface area contributed by atoms with Crippen LogP contribution in [0, 0.1) is 0 Å². The van der Waals surface area contributed by atoms with Crippen LogP contribution in [0.3, 0.4) is 0 Å². The molecule has 0 amide bonds. The summed E-state index contributed by atoms with van der Waals surface area (Å²) in [6.45, 7) is 3.84. The Morgan fingerprint density at radius 3 is 2.33 bits per heavy atom. The van der Waals surface area contributed by atoms with Gasteiger partial charge in [0.25, 0.3) is 0 Å². The number of nitrogens with zero attached hydrogens (tertiary/aromatic N) is 1. The maximum atomic E-state index is 5.80. The Morgan fingerprint density at radius 1 is 1.33 bits per heavy atom. The van der Waals surface area contributed by atoms with Gasteiger partial charge in [-0.05, 0) is 37.5 Å². The average molecular weight is 224 g/mol. The fourth-order valence-corrected chi connectivity index (χ4v) is 2.03. The zero-order chi connectivity index (χ0) is 11.3. The molecule has 0 aliphatic rings. The summed E-state index contributed by atoms with van der Waals surface area (Å²) in [6.07, 6.45) is 2.09. The van der Waals surface area contributed by atoms with Crippen molar-refractivity contribution in [1.82, 2.24) is 4.90 Å². The molecule has 15 heavy (non-hydrogen) atoms. The third kappa shape index (κ3) is 3.23. The van der Waals surface area contributed by atoms with E-state index in [1.54, 1.807) is 11.8 Å². The number of hydrogen-bond donors (Lipinski definition) is 1. The number of thioether (sulfide) groups is 1. The van der Waals surface area contributed by atoms with Gasteiger partial charge in [0.05, 0.1) is 0 Å². The third-order valence-corrected chi connectivity index (χ3v) is 3.50. The Hall–Kier alpha value is -0.510. The summed E-state index contributed by atoms with van der Waals surface area (Å²) in [4.78, 5) is 3.57. The van der Waals surface area contributed by atoms with Gasteiger partial charge in [0.2, 0.25) is 0 Å². The molecule has 2 N–H and O–H groups in total. The van der Waals surface area contributed by atoms with Gasteiger partial charge in [-0.2, -0.15) is 0 Å². The molecule has 0 saturated carbocycles. The molecule has 0 aliphatic carbocycles. The van der Waals surface area contributed by atoms with E-state index >= 15 is 0 Å². The van der Waals surface area contributed by atoms with E-state index in [9.17, 15) is 0 Å². The van der Waals surface area contributed by atoms with E-state index in [2.05, 4.69) is 49.4 Å². The van der Waals surface area contributed by atoms with E-state index in [0.717, 1.165) is 6.54 Å². The lowest BCUT2D eigenvalue weighted by atomic mass is 10.1. The van der Waals surface area contributed by atoms with Crippen LogP contribution in [0.4, 0.5) is 0 Å². The van der Waals surface area contributed by atoms with Crippen molar-refractivity contribution in [2.24, 2.45) is 5.73 Å². The minimum atomic E-state index is 0.339. The van der Waals surface area contributed by atoms with E-state index in [1.165, 1.54) is 10.5 Å². The molecule has 0 spiro atoms. The van der Waals surface area contributed by atoms with Crippen LogP contribution >= 0.6 is 11.8 Å². The van der Waals surface area contributed by atoms with Gasteiger partial charge in [-0.25, -0.2) is 0 Å². The summed E-state index contributed by atoms with van der Waals surface area (Å²) in [5.74, 6) is 0. The Labute approximate surface area is 96.8 Å². The number of likely N-dealkylation sites (N-methyl/N-ethyl adjacent to an activating group) is 1. The lowest BCUT2D eigenvalue weighted by Gasteiger charge is -2.26. The summed E-state index contributed by atoms with van der Waals surface area (Å²) in [7, 11) is 2.11. The Morgan fingerprint density at radius 2 is 1.93 bits per heavy atom. The minimum absolute atomic E-state index is 0.339. The molecule has 2 nitrogen and oxygen atoms in total. The standard InChI is InChI=1S/C12H20N2S/c1-4-14(2)12(9-13)10-5-7-11(15-3)8-6-10/h5-8,12H,4,9,13H2,1-3H3. The number of rotatable bonds is 5. The molecule has 84 valence electrons. The normalized spacial score (nSPS) is 13.1. The molecule has 0 aliphatic heterocycles. The van der Waals surface area contributed by atoms with Gasteiger partial charge in [-0.3, -0.25) is 4.90 Å². The van der Waals surface area contributed by atoms with Gasteiger partial charge in [0.15, 0.2) is 0 Å². The van der Waals surface area contributed by atoms with Crippen molar-refractivity contribution in [2.75, 3.05) is 26.4 Å². The molecule has 0 fully saturated rings. The molecule has 0 heterocycles. The van der Waals surface area contributed by atoms with Crippen molar-refractivity contribution in [1.29, 1.82) is 0 Å². The first-order valence-corrected chi connectivity index (χ1v) is 6.49. The van der Waals surface area contributed by atoms with Gasteiger partial charge >= 0.3 is 0 Å². The summed E-state index contributed by atoms with van der Waals surface area (Å²) in [5, 5.41) is 0. The molecule has 1 atom stereocenters. The average Bonchev–Trinajstić information content (AvgIpc) is 2.30. The van der Waals surface area contributed by atoms with Crippen LogP contribution in [0.2, 0.25) is 0 Å². The third-order valence-electron chi connectivity index (χ3n) is 2.75. The van der Waals surface area contributed by atoms with Gasteiger partial charge in [-0.15, -0.1) is 11.8 Å². The molecular weight excluding hydrogens is 204 g/mol. The van der Waals surface area contributed by atoms with E-state index in [-0.39, 0.29) is 0 Å². The second kappa shape index (κ2) is 6.16. The van der Waals surface area contributed by atoms with Gasteiger partial charge in [0, 0.05) is 17.5 Å². The predicted octanol–water partition coefficient (Wildman–Crippen LogP) is 2.36. The molecule has 0 radical (unpaired) electrons. The largest absolute Gasteiger partial charge is 0.329 e. The highest BCUT2D eigenvalue weighted by molar-refractivity contribution is 7.98. The molecule has 1 aromatic rings. The van der Waals surface area contributed by atoms with Crippen molar-refractivity contribution < 1.29 is 0 Å². The highest BCUT2D eigenvalue weighted by Gasteiger charge is 2.13. The predicted molar refractivity (Wildman–Crippen MR) is 68.3 cm³/mol. The molecular formula is C12H20N2S.